The molecule has 4 heteroatoms. The van der Waals surface area contributed by atoms with Crippen molar-refractivity contribution >= 4 is 11.6 Å². The third-order valence-corrected chi connectivity index (χ3v) is 2.71. The van der Waals surface area contributed by atoms with Crippen molar-refractivity contribution in [1.82, 2.24) is 0 Å². The number of piperidine rings is 1. The van der Waals surface area contributed by atoms with E-state index in [-0.39, 0.29) is 11.5 Å². The van der Waals surface area contributed by atoms with Crippen molar-refractivity contribution in [3.8, 4) is 6.07 Å². The average Bonchev–Trinajstić information content (AvgIpc) is 2.29. The fourth-order valence-electron chi connectivity index (χ4n) is 1.84. The summed E-state index contributed by atoms with van der Waals surface area (Å²) in [6.07, 6.45) is 2.35. The fraction of sp³-hybridized carbons (Fsp3) is 0.333. The summed E-state index contributed by atoms with van der Waals surface area (Å²) >= 11 is 0. The molecule has 0 aliphatic carbocycles. The maximum atomic E-state index is 13.4. The van der Waals surface area contributed by atoms with Gasteiger partial charge < -0.3 is 4.90 Å². The van der Waals surface area contributed by atoms with Crippen LogP contribution in [0.4, 0.5) is 10.1 Å². The molecule has 0 N–H and O–H groups in total. The molecule has 0 radical (unpaired) electrons. The number of hydrogen-bond donors (Lipinski definition) is 0. The highest BCUT2D eigenvalue weighted by molar-refractivity contribution is 5.94. The molecule has 1 amide bonds. The van der Waals surface area contributed by atoms with E-state index in [0.717, 1.165) is 12.8 Å². The number of nitriles is 1. The van der Waals surface area contributed by atoms with Gasteiger partial charge in [-0.25, -0.2) is 4.39 Å². The Labute approximate surface area is 93.1 Å². The van der Waals surface area contributed by atoms with Crippen molar-refractivity contribution in [1.29, 1.82) is 5.26 Å². The summed E-state index contributed by atoms with van der Waals surface area (Å²) in [5.41, 5.74) is 0.550. The van der Waals surface area contributed by atoms with E-state index < -0.39 is 5.82 Å². The molecule has 16 heavy (non-hydrogen) atoms. The highest BCUT2D eigenvalue weighted by Crippen LogP contribution is 2.22. The van der Waals surface area contributed by atoms with Crippen molar-refractivity contribution in [3.05, 3.63) is 29.6 Å². The molecule has 1 aromatic carbocycles. The largest absolute Gasteiger partial charge is 0.312 e. The first-order valence-electron chi connectivity index (χ1n) is 5.22. The molecule has 0 atom stereocenters. The average molecular weight is 218 g/mol. The van der Waals surface area contributed by atoms with Crippen LogP contribution in [0.3, 0.4) is 0 Å². The Kier molecular flexibility index (Phi) is 2.86. The van der Waals surface area contributed by atoms with Crippen LogP contribution >= 0.6 is 0 Å². The van der Waals surface area contributed by atoms with Gasteiger partial charge in [-0.1, -0.05) is 0 Å². The third-order valence-electron chi connectivity index (χ3n) is 2.71. The van der Waals surface area contributed by atoms with Crippen molar-refractivity contribution in [2.75, 3.05) is 11.4 Å². The van der Waals surface area contributed by atoms with E-state index in [2.05, 4.69) is 0 Å². The Bertz CT molecular complexity index is 465. The van der Waals surface area contributed by atoms with Crippen LogP contribution in [0.5, 0.6) is 0 Å². The lowest BCUT2D eigenvalue weighted by Crippen LogP contribution is -2.35. The smallest absolute Gasteiger partial charge is 0.226 e. The molecule has 2 rings (SSSR count). The Morgan fingerprint density at radius 3 is 2.81 bits per heavy atom. The Hall–Kier alpha value is -1.89. The second-order valence-corrected chi connectivity index (χ2v) is 3.78. The van der Waals surface area contributed by atoms with Gasteiger partial charge >= 0.3 is 0 Å². The Morgan fingerprint density at radius 2 is 2.19 bits per heavy atom. The fourth-order valence-corrected chi connectivity index (χ4v) is 1.84. The van der Waals surface area contributed by atoms with Crippen LogP contribution in [0.25, 0.3) is 0 Å². The number of carbonyl (C=O) groups excluding carboxylic acids is 1. The van der Waals surface area contributed by atoms with Gasteiger partial charge in [0.2, 0.25) is 5.91 Å². The van der Waals surface area contributed by atoms with Crippen LogP contribution in [0, 0.1) is 17.1 Å². The first kappa shape index (κ1) is 10.6. The SMILES string of the molecule is N#Cc1ccc(N2CCCCC2=O)cc1F. The summed E-state index contributed by atoms with van der Waals surface area (Å²) in [6, 6.07) is 6.04. The zero-order valence-electron chi connectivity index (χ0n) is 8.74. The topological polar surface area (TPSA) is 44.1 Å². The lowest BCUT2D eigenvalue weighted by molar-refractivity contribution is -0.119. The molecule has 1 aliphatic heterocycles. The Morgan fingerprint density at radius 1 is 1.38 bits per heavy atom. The molecule has 0 unspecified atom stereocenters. The quantitative estimate of drug-likeness (QED) is 0.725. The van der Waals surface area contributed by atoms with Crippen molar-refractivity contribution in [2.24, 2.45) is 0 Å². The molecular formula is C12H11FN2O. The maximum Gasteiger partial charge on any atom is 0.226 e. The van der Waals surface area contributed by atoms with Gasteiger partial charge in [0.25, 0.3) is 0 Å². The van der Waals surface area contributed by atoms with Gasteiger partial charge in [-0.3, -0.25) is 4.79 Å². The number of benzene rings is 1. The molecule has 1 saturated heterocycles. The van der Waals surface area contributed by atoms with E-state index >= 15 is 0 Å². The van der Waals surface area contributed by atoms with Gasteiger partial charge in [0.1, 0.15) is 11.9 Å². The van der Waals surface area contributed by atoms with E-state index in [0.29, 0.717) is 18.7 Å². The minimum Gasteiger partial charge on any atom is -0.312 e. The molecule has 0 saturated carbocycles. The van der Waals surface area contributed by atoms with Crippen LogP contribution in [-0.4, -0.2) is 12.5 Å². The second-order valence-electron chi connectivity index (χ2n) is 3.78. The summed E-state index contributed by atoms with van der Waals surface area (Å²) in [5.74, 6) is -0.547. The number of carbonyl (C=O) groups is 1. The minimum atomic E-state index is -0.571. The lowest BCUT2D eigenvalue weighted by atomic mass is 10.1. The van der Waals surface area contributed by atoms with Gasteiger partial charge in [0, 0.05) is 18.7 Å². The molecule has 1 fully saturated rings. The normalized spacial score (nSPS) is 16.0. The predicted octanol–water partition coefficient (Wildman–Crippen LogP) is 2.21. The van der Waals surface area contributed by atoms with Crippen LogP contribution in [0.15, 0.2) is 18.2 Å². The predicted molar refractivity (Wildman–Crippen MR) is 57.3 cm³/mol. The van der Waals surface area contributed by atoms with E-state index in [1.54, 1.807) is 17.0 Å². The van der Waals surface area contributed by atoms with Crippen LogP contribution in [0.1, 0.15) is 24.8 Å². The first-order valence-corrected chi connectivity index (χ1v) is 5.22. The van der Waals surface area contributed by atoms with Crippen LogP contribution < -0.4 is 4.90 Å². The highest BCUT2D eigenvalue weighted by atomic mass is 19.1. The molecule has 82 valence electrons. The summed E-state index contributed by atoms with van der Waals surface area (Å²) in [7, 11) is 0. The third kappa shape index (κ3) is 1.89. The van der Waals surface area contributed by atoms with Gasteiger partial charge in [0.05, 0.1) is 5.56 Å². The Balaban J connectivity index is 2.30. The van der Waals surface area contributed by atoms with Crippen molar-refractivity contribution in [3.63, 3.8) is 0 Å². The molecule has 0 spiro atoms. The summed E-state index contributed by atoms with van der Waals surface area (Å²) in [5, 5.41) is 8.60. The molecule has 3 nitrogen and oxygen atoms in total. The van der Waals surface area contributed by atoms with Gasteiger partial charge in [-0.05, 0) is 31.0 Å². The van der Waals surface area contributed by atoms with E-state index in [1.807, 2.05) is 0 Å². The minimum absolute atomic E-state index is 0.00760. The highest BCUT2D eigenvalue weighted by Gasteiger charge is 2.20. The molecule has 1 heterocycles. The summed E-state index contributed by atoms with van der Waals surface area (Å²) in [6.45, 7) is 0.629. The molecule has 1 aromatic rings. The number of nitrogens with zero attached hydrogens (tertiary/aromatic N) is 2. The number of anilines is 1. The molecular weight excluding hydrogens is 207 g/mol. The molecule has 0 bridgehead atoms. The van der Waals surface area contributed by atoms with Gasteiger partial charge in [-0.2, -0.15) is 5.26 Å². The maximum absolute atomic E-state index is 13.4. The van der Waals surface area contributed by atoms with Gasteiger partial charge in [-0.15, -0.1) is 0 Å². The van der Waals surface area contributed by atoms with Crippen LogP contribution in [-0.2, 0) is 4.79 Å². The van der Waals surface area contributed by atoms with E-state index in [9.17, 15) is 9.18 Å². The summed E-state index contributed by atoms with van der Waals surface area (Å²) < 4.78 is 13.4. The number of amides is 1. The van der Waals surface area contributed by atoms with E-state index in [4.69, 9.17) is 5.26 Å². The standard InChI is InChI=1S/C12H11FN2O/c13-11-7-10(5-4-9(11)8-14)15-6-2-1-3-12(15)16/h4-5,7H,1-3,6H2. The molecule has 1 aliphatic rings. The van der Waals surface area contributed by atoms with Gasteiger partial charge in [0.15, 0.2) is 0 Å². The van der Waals surface area contributed by atoms with Crippen molar-refractivity contribution < 1.29 is 9.18 Å². The second kappa shape index (κ2) is 4.31. The first-order chi connectivity index (χ1) is 7.72. The molecule has 0 aromatic heterocycles. The monoisotopic (exact) mass is 218 g/mol. The summed E-state index contributed by atoms with van der Waals surface area (Å²) in [4.78, 5) is 13.2. The van der Waals surface area contributed by atoms with Crippen LogP contribution in [0.2, 0.25) is 0 Å². The van der Waals surface area contributed by atoms with E-state index in [1.165, 1.54) is 12.1 Å². The number of rotatable bonds is 1. The zero-order valence-corrected chi connectivity index (χ0v) is 8.74. The van der Waals surface area contributed by atoms with Crippen molar-refractivity contribution in [2.45, 2.75) is 19.3 Å². The number of hydrogen-bond acceptors (Lipinski definition) is 2. The zero-order chi connectivity index (χ0) is 11.5. The lowest BCUT2D eigenvalue weighted by Gasteiger charge is -2.26. The number of halogens is 1.